The van der Waals surface area contributed by atoms with Crippen LogP contribution in [-0.2, 0) is 9.59 Å². The summed E-state index contributed by atoms with van der Waals surface area (Å²) in [7, 11) is 0. The van der Waals surface area contributed by atoms with Crippen LogP contribution >= 0.6 is 0 Å². The van der Waals surface area contributed by atoms with Crippen LogP contribution in [0.25, 0.3) is 0 Å². The van der Waals surface area contributed by atoms with Gasteiger partial charge in [0.25, 0.3) is 11.8 Å². The minimum Gasteiger partial charge on any atom is -0.315 e. The van der Waals surface area contributed by atoms with Crippen molar-refractivity contribution in [1.82, 2.24) is 10.2 Å². The SMILES string of the molecule is Cc1cccc(C)c1C(=O)N1CC(=O)NC(=O)C1(C)C. The predicted octanol–water partition coefficient (Wildman–Crippen LogP) is 1.18. The number of rotatable bonds is 1. The molecule has 5 heteroatoms. The Morgan fingerprint density at radius 2 is 1.75 bits per heavy atom. The van der Waals surface area contributed by atoms with E-state index in [-0.39, 0.29) is 12.5 Å². The number of nitrogens with zero attached hydrogens (tertiary/aromatic N) is 1. The fourth-order valence-electron chi connectivity index (χ4n) is 2.40. The number of piperazine rings is 1. The number of hydrogen-bond acceptors (Lipinski definition) is 3. The van der Waals surface area contributed by atoms with Crippen molar-refractivity contribution in [2.45, 2.75) is 33.2 Å². The van der Waals surface area contributed by atoms with Gasteiger partial charge in [-0.1, -0.05) is 18.2 Å². The Morgan fingerprint density at radius 1 is 1.20 bits per heavy atom. The number of imide groups is 1. The topological polar surface area (TPSA) is 66.5 Å². The number of benzene rings is 1. The molecule has 0 saturated carbocycles. The van der Waals surface area contributed by atoms with Gasteiger partial charge in [0, 0.05) is 5.56 Å². The molecule has 1 aromatic carbocycles. The summed E-state index contributed by atoms with van der Waals surface area (Å²) in [5.41, 5.74) is 1.19. The van der Waals surface area contributed by atoms with Crippen LogP contribution in [0.4, 0.5) is 0 Å². The molecule has 1 aliphatic heterocycles. The van der Waals surface area contributed by atoms with Crippen LogP contribution in [0.15, 0.2) is 18.2 Å². The van der Waals surface area contributed by atoms with E-state index in [0.29, 0.717) is 5.56 Å². The van der Waals surface area contributed by atoms with Gasteiger partial charge < -0.3 is 4.90 Å². The Hall–Kier alpha value is -2.17. The Morgan fingerprint density at radius 3 is 2.30 bits per heavy atom. The molecule has 2 rings (SSSR count). The summed E-state index contributed by atoms with van der Waals surface area (Å²) in [5, 5.41) is 2.26. The first-order valence-electron chi connectivity index (χ1n) is 6.47. The first-order valence-corrected chi connectivity index (χ1v) is 6.47. The molecule has 20 heavy (non-hydrogen) atoms. The van der Waals surface area contributed by atoms with E-state index in [9.17, 15) is 14.4 Å². The van der Waals surface area contributed by atoms with E-state index in [1.165, 1.54) is 4.90 Å². The van der Waals surface area contributed by atoms with Crippen molar-refractivity contribution in [2.75, 3.05) is 6.54 Å². The van der Waals surface area contributed by atoms with Crippen molar-refractivity contribution >= 4 is 17.7 Å². The third kappa shape index (κ3) is 2.19. The summed E-state index contributed by atoms with van der Waals surface area (Å²) >= 11 is 0. The highest BCUT2D eigenvalue weighted by Crippen LogP contribution is 2.24. The molecule has 0 atom stereocenters. The zero-order valence-corrected chi connectivity index (χ0v) is 12.1. The molecule has 1 N–H and O–H groups in total. The fourth-order valence-corrected chi connectivity index (χ4v) is 2.40. The van der Waals surface area contributed by atoms with Crippen molar-refractivity contribution in [1.29, 1.82) is 0 Å². The molecule has 0 bridgehead atoms. The molecular weight excluding hydrogens is 256 g/mol. The lowest BCUT2D eigenvalue weighted by molar-refractivity contribution is -0.143. The Balaban J connectivity index is 2.46. The van der Waals surface area contributed by atoms with Crippen molar-refractivity contribution in [2.24, 2.45) is 0 Å². The number of aryl methyl sites for hydroxylation is 2. The summed E-state index contributed by atoms with van der Waals surface area (Å²) < 4.78 is 0. The summed E-state index contributed by atoms with van der Waals surface area (Å²) in [4.78, 5) is 37.5. The molecule has 1 aliphatic rings. The van der Waals surface area contributed by atoms with E-state index >= 15 is 0 Å². The molecule has 106 valence electrons. The van der Waals surface area contributed by atoms with Crippen LogP contribution < -0.4 is 5.32 Å². The van der Waals surface area contributed by atoms with E-state index in [4.69, 9.17) is 0 Å². The molecule has 0 radical (unpaired) electrons. The number of nitrogens with one attached hydrogen (secondary N) is 1. The maximum absolute atomic E-state index is 12.7. The second-order valence-electron chi connectivity index (χ2n) is 5.59. The van der Waals surface area contributed by atoms with Crippen LogP contribution in [-0.4, -0.2) is 34.7 Å². The summed E-state index contributed by atoms with van der Waals surface area (Å²) in [6.45, 7) is 6.87. The second kappa shape index (κ2) is 4.74. The van der Waals surface area contributed by atoms with E-state index in [1.807, 2.05) is 32.0 Å². The molecule has 5 nitrogen and oxygen atoms in total. The van der Waals surface area contributed by atoms with Crippen molar-refractivity contribution in [3.8, 4) is 0 Å². The Bertz CT molecular complexity index is 585. The van der Waals surface area contributed by atoms with E-state index in [1.54, 1.807) is 13.8 Å². The monoisotopic (exact) mass is 274 g/mol. The molecule has 1 saturated heterocycles. The van der Waals surface area contributed by atoms with Crippen LogP contribution in [0.1, 0.15) is 35.3 Å². The van der Waals surface area contributed by atoms with Gasteiger partial charge in [-0.05, 0) is 38.8 Å². The maximum atomic E-state index is 12.7. The van der Waals surface area contributed by atoms with E-state index in [0.717, 1.165) is 11.1 Å². The summed E-state index contributed by atoms with van der Waals surface area (Å²) in [5.74, 6) is -1.18. The van der Waals surface area contributed by atoms with Gasteiger partial charge in [0.2, 0.25) is 5.91 Å². The Labute approximate surface area is 118 Å². The van der Waals surface area contributed by atoms with E-state index in [2.05, 4.69) is 5.32 Å². The molecule has 1 aromatic rings. The molecule has 0 aromatic heterocycles. The normalized spacial score (nSPS) is 17.9. The first kappa shape index (κ1) is 14.2. The third-order valence-corrected chi connectivity index (χ3v) is 3.73. The lowest BCUT2D eigenvalue weighted by atomic mass is 9.95. The third-order valence-electron chi connectivity index (χ3n) is 3.73. The predicted molar refractivity (Wildman–Crippen MR) is 74.2 cm³/mol. The summed E-state index contributed by atoms with van der Waals surface area (Å²) in [6, 6.07) is 5.57. The van der Waals surface area contributed by atoms with Crippen LogP contribution in [0.5, 0.6) is 0 Å². The van der Waals surface area contributed by atoms with Gasteiger partial charge in [-0.15, -0.1) is 0 Å². The van der Waals surface area contributed by atoms with Gasteiger partial charge in [-0.3, -0.25) is 19.7 Å². The molecule has 0 unspecified atom stereocenters. The van der Waals surface area contributed by atoms with Crippen molar-refractivity contribution < 1.29 is 14.4 Å². The number of carbonyl (C=O) groups is 3. The average molecular weight is 274 g/mol. The quantitative estimate of drug-likeness (QED) is 0.782. The van der Waals surface area contributed by atoms with Crippen LogP contribution in [0.3, 0.4) is 0 Å². The van der Waals surface area contributed by atoms with Gasteiger partial charge in [0.15, 0.2) is 0 Å². The standard InChI is InChI=1S/C15H18N2O3/c1-9-6-5-7-10(2)12(9)13(19)17-8-11(18)16-14(20)15(17,3)4/h5-7H,8H2,1-4H3,(H,16,18,20). The zero-order valence-electron chi connectivity index (χ0n) is 12.1. The minimum absolute atomic E-state index is 0.106. The molecule has 1 fully saturated rings. The largest absolute Gasteiger partial charge is 0.315 e. The highest BCUT2D eigenvalue weighted by atomic mass is 16.2. The molecule has 0 aliphatic carbocycles. The number of amides is 3. The first-order chi connectivity index (χ1) is 9.25. The van der Waals surface area contributed by atoms with Gasteiger partial charge in [0.05, 0.1) is 0 Å². The zero-order chi connectivity index (χ0) is 15.1. The van der Waals surface area contributed by atoms with Gasteiger partial charge in [-0.2, -0.15) is 0 Å². The fraction of sp³-hybridized carbons (Fsp3) is 0.400. The van der Waals surface area contributed by atoms with Crippen LogP contribution in [0, 0.1) is 13.8 Å². The second-order valence-corrected chi connectivity index (χ2v) is 5.59. The lowest BCUT2D eigenvalue weighted by Gasteiger charge is -2.40. The van der Waals surface area contributed by atoms with Gasteiger partial charge >= 0.3 is 0 Å². The highest BCUT2D eigenvalue weighted by molar-refractivity contribution is 6.09. The number of hydrogen-bond donors (Lipinski definition) is 1. The number of carbonyl (C=O) groups excluding carboxylic acids is 3. The molecular formula is C15H18N2O3. The smallest absolute Gasteiger partial charge is 0.255 e. The van der Waals surface area contributed by atoms with Crippen molar-refractivity contribution in [3.05, 3.63) is 34.9 Å². The summed E-state index contributed by atoms with van der Waals surface area (Å²) in [6.07, 6.45) is 0. The van der Waals surface area contributed by atoms with Gasteiger partial charge in [0.1, 0.15) is 12.1 Å². The highest BCUT2D eigenvalue weighted by Gasteiger charge is 2.44. The minimum atomic E-state index is -1.04. The molecule has 1 heterocycles. The maximum Gasteiger partial charge on any atom is 0.255 e. The van der Waals surface area contributed by atoms with E-state index < -0.39 is 17.4 Å². The lowest BCUT2D eigenvalue weighted by Crippen LogP contribution is -2.65. The molecule has 3 amide bonds. The van der Waals surface area contributed by atoms with Crippen molar-refractivity contribution in [3.63, 3.8) is 0 Å². The Kier molecular flexibility index (Phi) is 3.38. The van der Waals surface area contributed by atoms with Crippen LogP contribution in [0.2, 0.25) is 0 Å². The van der Waals surface area contributed by atoms with Gasteiger partial charge in [-0.25, -0.2) is 0 Å². The average Bonchev–Trinajstić information content (AvgIpc) is 2.33. The molecule has 0 spiro atoms.